The Morgan fingerprint density at radius 2 is 2.04 bits per heavy atom. The lowest BCUT2D eigenvalue weighted by Crippen LogP contribution is -2.32. The van der Waals surface area contributed by atoms with E-state index in [1.54, 1.807) is 18.0 Å². The van der Waals surface area contributed by atoms with Crippen LogP contribution in [-0.2, 0) is 9.84 Å². The summed E-state index contributed by atoms with van der Waals surface area (Å²) >= 11 is 0. The first-order valence-electron chi connectivity index (χ1n) is 7.90. The van der Waals surface area contributed by atoms with Crippen molar-refractivity contribution in [3.05, 3.63) is 53.9 Å². The van der Waals surface area contributed by atoms with E-state index >= 15 is 0 Å². The van der Waals surface area contributed by atoms with Gasteiger partial charge >= 0.3 is 0 Å². The van der Waals surface area contributed by atoms with E-state index in [4.69, 9.17) is 0 Å². The Balaban J connectivity index is 1.77. The largest absolute Gasteiger partial charge is 0.369 e. The number of carbonyl (C=O) groups excluding carboxylic acids is 1. The van der Waals surface area contributed by atoms with Crippen molar-refractivity contribution in [2.24, 2.45) is 0 Å². The first kappa shape index (κ1) is 18.2. The number of nitrogens with one attached hydrogen (secondary N) is 1. The number of benzene rings is 1. The van der Waals surface area contributed by atoms with Gasteiger partial charge in [0.25, 0.3) is 5.91 Å². The predicted molar refractivity (Wildman–Crippen MR) is 94.0 cm³/mol. The zero-order valence-electron chi connectivity index (χ0n) is 13.9. The highest BCUT2D eigenvalue weighted by molar-refractivity contribution is 7.91. The van der Waals surface area contributed by atoms with E-state index in [1.807, 2.05) is 0 Å². The Morgan fingerprint density at radius 3 is 2.69 bits per heavy atom. The summed E-state index contributed by atoms with van der Waals surface area (Å²) in [7, 11) is -1.30. The molecular weight excluding hydrogens is 364 g/mol. The van der Waals surface area contributed by atoms with Gasteiger partial charge in [-0.3, -0.25) is 9.78 Å². The molecule has 0 saturated carbocycles. The zero-order chi connectivity index (χ0) is 18.9. The molecule has 26 heavy (non-hydrogen) atoms. The molecule has 1 atom stereocenters. The van der Waals surface area contributed by atoms with Crippen molar-refractivity contribution >= 4 is 27.1 Å². The molecule has 0 spiro atoms. The maximum absolute atomic E-state index is 13.7. The minimum Gasteiger partial charge on any atom is -0.369 e. The van der Waals surface area contributed by atoms with Crippen molar-refractivity contribution < 1.29 is 22.0 Å². The minimum atomic E-state index is -3.04. The van der Waals surface area contributed by atoms with Gasteiger partial charge in [-0.25, -0.2) is 17.2 Å². The maximum Gasteiger partial charge on any atom is 0.257 e. The molecular formula is C17H17F2N3O3S. The highest BCUT2D eigenvalue weighted by Crippen LogP contribution is 2.23. The van der Waals surface area contributed by atoms with E-state index in [0.29, 0.717) is 18.2 Å². The van der Waals surface area contributed by atoms with Gasteiger partial charge in [-0.1, -0.05) is 0 Å². The summed E-state index contributed by atoms with van der Waals surface area (Å²) in [6.07, 6.45) is 3.36. The smallest absolute Gasteiger partial charge is 0.257 e. The molecule has 9 heteroatoms. The Labute approximate surface area is 149 Å². The summed E-state index contributed by atoms with van der Waals surface area (Å²) in [5, 5.41) is 2.37. The van der Waals surface area contributed by atoms with Crippen LogP contribution in [0.25, 0.3) is 0 Å². The van der Waals surface area contributed by atoms with E-state index < -0.39 is 27.4 Å². The summed E-state index contributed by atoms with van der Waals surface area (Å²) in [5.41, 5.74) is 0.621. The van der Waals surface area contributed by atoms with Crippen LogP contribution in [0.3, 0.4) is 0 Å². The van der Waals surface area contributed by atoms with Crippen LogP contribution in [0.15, 0.2) is 36.7 Å². The second kappa shape index (κ2) is 6.99. The summed E-state index contributed by atoms with van der Waals surface area (Å²) in [4.78, 5) is 18.1. The van der Waals surface area contributed by atoms with Crippen molar-refractivity contribution in [1.82, 2.24) is 4.98 Å². The van der Waals surface area contributed by atoms with Crippen LogP contribution in [0.5, 0.6) is 0 Å². The second-order valence-electron chi connectivity index (χ2n) is 6.18. The third-order valence-electron chi connectivity index (χ3n) is 4.33. The third-order valence-corrected chi connectivity index (χ3v) is 6.08. The van der Waals surface area contributed by atoms with Crippen LogP contribution < -0.4 is 10.2 Å². The zero-order valence-corrected chi connectivity index (χ0v) is 14.8. The fraction of sp³-hybridized carbons (Fsp3) is 0.294. The van der Waals surface area contributed by atoms with E-state index in [1.165, 1.54) is 12.4 Å². The second-order valence-corrected chi connectivity index (χ2v) is 8.41. The van der Waals surface area contributed by atoms with Gasteiger partial charge in [0.1, 0.15) is 11.6 Å². The van der Waals surface area contributed by atoms with Gasteiger partial charge < -0.3 is 10.2 Å². The molecule has 1 unspecified atom stereocenters. The number of sulfone groups is 1. The first-order chi connectivity index (χ1) is 12.2. The van der Waals surface area contributed by atoms with Crippen molar-refractivity contribution in [2.75, 3.05) is 28.8 Å². The quantitative estimate of drug-likeness (QED) is 0.879. The van der Waals surface area contributed by atoms with E-state index in [9.17, 15) is 22.0 Å². The van der Waals surface area contributed by atoms with Crippen molar-refractivity contribution in [3.63, 3.8) is 0 Å². The molecule has 1 fully saturated rings. The molecule has 6 nitrogen and oxygen atoms in total. The number of amides is 1. The molecule has 0 bridgehead atoms. The minimum absolute atomic E-state index is 0.0563. The Bertz CT molecular complexity index is 950. The Hall–Kier alpha value is -2.55. The Kier molecular flexibility index (Phi) is 4.90. The van der Waals surface area contributed by atoms with Crippen LogP contribution in [0.1, 0.15) is 16.8 Å². The van der Waals surface area contributed by atoms with Crippen LogP contribution in [0, 0.1) is 11.6 Å². The van der Waals surface area contributed by atoms with Crippen LogP contribution >= 0.6 is 0 Å². The molecule has 1 saturated heterocycles. The summed E-state index contributed by atoms with van der Waals surface area (Å²) in [6, 6.07) is 4.22. The molecule has 1 amide bonds. The molecule has 1 N–H and O–H groups in total. The molecule has 1 aromatic carbocycles. The normalized spacial score (nSPS) is 18.5. The van der Waals surface area contributed by atoms with Crippen LogP contribution in [0.4, 0.5) is 20.2 Å². The highest BCUT2D eigenvalue weighted by atomic mass is 32.2. The van der Waals surface area contributed by atoms with Gasteiger partial charge in [0.15, 0.2) is 9.84 Å². The molecule has 0 radical (unpaired) electrons. The van der Waals surface area contributed by atoms with Gasteiger partial charge in [-0.05, 0) is 24.6 Å². The lowest BCUT2D eigenvalue weighted by atomic mass is 10.2. The Morgan fingerprint density at radius 1 is 1.27 bits per heavy atom. The topological polar surface area (TPSA) is 79.4 Å². The lowest BCUT2D eigenvalue weighted by Gasteiger charge is -2.25. The predicted octanol–water partition coefficient (Wildman–Crippen LogP) is 2.24. The number of anilines is 2. The van der Waals surface area contributed by atoms with Crippen molar-refractivity contribution in [2.45, 2.75) is 12.5 Å². The number of carbonyl (C=O) groups is 1. The average molecular weight is 381 g/mol. The van der Waals surface area contributed by atoms with Gasteiger partial charge in [-0.2, -0.15) is 0 Å². The number of hydrogen-bond acceptors (Lipinski definition) is 5. The molecule has 1 aliphatic rings. The molecule has 1 aliphatic heterocycles. The first-order valence-corrected chi connectivity index (χ1v) is 9.72. The monoisotopic (exact) mass is 381 g/mol. The summed E-state index contributed by atoms with van der Waals surface area (Å²) in [6.45, 7) is 0. The third kappa shape index (κ3) is 3.98. The number of pyridine rings is 1. The maximum atomic E-state index is 13.7. The van der Waals surface area contributed by atoms with Crippen LogP contribution in [-0.4, -0.2) is 43.9 Å². The standard InChI is InChI=1S/C17H17F2N3O3S/c1-22(13-4-5-26(24,25)10-13)14-6-11(8-20-9-14)17(23)21-16-3-2-12(18)7-15(16)19/h2-3,6-9,13H,4-5,10H2,1H3,(H,21,23). The average Bonchev–Trinajstić information content (AvgIpc) is 2.96. The molecule has 0 aliphatic carbocycles. The van der Waals surface area contributed by atoms with E-state index in [0.717, 1.165) is 12.1 Å². The molecule has 138 valence electrons. The number of hydrogen-bond donors (Lipinski definition) is 1. The molecule has 2 aromatic rings. The number of aromatic nitrogens is 1. The number of rotatable bonds is 4. The fourth-order valence-electron chi connectivity index (χ4n) is 2.82. The lowest BCUT2D eigenvalue weighted by molar-refractivity contribution is 0.102. The van der Waals surface area contributed by atoms with E-state index in [2.05, 4.69) is 10.3 Å². The van der Waals surface area contributed by atoms with E-state index in [-0.39, 0.29) is 28.8 Å². The fourth-order valence-corrected chi connectivity index (χ4v) is 4.60. The highest BCUT2D eigenvalue weighted by Gasteiger charge is 2.31. The number of nitrogens with zero attached hydrogens (tertiary/aromatic N) is 2. The molecule has 1 aromatic heterocycles. The van der Waals surface area contributed by atoms with Crippen molar-refractivity contribution in [1.29, 1.82) is 0 Å². The SMILES string of the molecule is CN(c1cncc(C(=O)Nc2ccc(F)cc2F)c1)C1CCS(=O)(=O)C1. The van der Waals surface area contributed by atoms with Crippen molar-refractivity contribution in [3.8, 4) is 0 Å². The van der Waals surface area contributed by atoms with Gasteiger partial charge in [0.2, 0.25) is 0 Å². The molecule has 3 rings (SSSR count). The molecule has 2 heterocycles. The summed E-state index contributed by atoms with van der Waals surface area (Å²) < 4.78 is 49.9. The summed E-state index contributed by atoms with van der Waals surface area (Å²) in [5.74, 6) is -2.02. The number of halogens is 2. The van der Waals surface area contributed by atoms with Gasteiger partial charge in [0, 0.05) is 25.4 Å². The van der Waals surface area contributed by atoms with Gasteiger partial charge in [-0.15, -0.1) is 0 Å². The van der Waals surface area contributed by atoms with Gasteiger partial charge in [0.05, 0.1) is 34.6 Å². The van der Waals surface area contributed by atoms with Crippen LogP contribution in [0.2, 0.25) is 0 Å².